The van der Waals surface area contributed by atoms with Crippen LogP contribution in [0, 0.1) is 19.8 Å². The summed E-state index contributed by atoms with van der Waals surface area (Å²) in [5, 5.41) is 0. The molecule has 0 N–H and O–H groups in total. The number of aryl methyl sites for hydroxylation is 1. The Hall–Kier alpha value is -1.07. The quantitative estimate of drug-likeness (QED) is 0.777. The molecule has 0 radical (unpaired) electrons. The van der Waals surface area contributed by atoms with Gasteiger partial charge in [-0.1, -0.05) is 20.3 Å². The minimum Gasteiger partial charge on any atom is -0.341 e. The number of carbonyl (C=O) groups excluding carboxylic acids is 1. The second-order valence-electron chi connectivity index (χ2n) is 5.55. The van der Waals surface area contributed by atoms with E-state index in [-0.39, 0.29) is 10.8 Å². The molecule has 0 aliphatic carbocycles. The van der Waals surface area contributed by atoms with Crippen molar-refractivity contribution in [1.82, 2.24) is 4.90 Å². The van der Waals surface area contributed by atoms with Crippen molar-refractivity contribution in [3.8, 4) is 0 Å². The van der Waals surface area contributed by atoms with Crippen LogP contribution in [0.25, 0.3) is 0 Å². The van der Waals surface area contributed by atoms with E-state index in [1.165, 1.54) is 12.1 Å². The van der Waals surface area contributed by atoms with Crippen LogP contribution >= 0.6 is 10.7 Å². The Morgan fingerprint density at radius 2 is 1.90 bits per heavy atom. The molecule has 0 saturated heterocycles. The van der Waals surface area contributed by atoms with Crippen LogP contribution < -0.4 is 0 Å². The van der Waals surface area contributed by atoms with Gasteiger partial charge >= 0.3 is 0 Å². The highest BCUT2D eigenvalue weighted by Gasteiger charge is 2.21. The van der Waals surface area contributed by atoms with Crippen LogP contribution in [0.5, 0.6) is 0 Å². The molecule has 0 bridgehead atoms. The van der Waals surface area contributed by atoms with Crippen LogP contribution in [-0.2, 0) is 9.05 Å². The van der Waals surface area contributed by atoms with Gasteiger partial charge < -0.3 is 4.90 Å². The van der Waals surface area contributed by atoms with Crippen molar-refractivity contribution in [1.29, 1.82) is 0 Å². The van der Waals surface area contributed by atoms with Crippen LogP contribution in [-0.4, -0.2) is 32.8 Å². The number of hydrogen-bond acceptors (Lipinski definition) is 3. The van der Waals surface area contributed by atoms with Crippen LogP contribution in [0.15, 0.2) is 17.0 Å². The van der Waals surface area contributed by atoms with E-state index in [1.807, 2.05) is 6.92 Å². The van der Waals surface area contributed by atoms with Gasteiger partial charge in [0.15, 0.2) is 0 Å². The third-order valence-electron chi connectivity index (χ3n) is 3.78. The molecule has 0 aromatic heterocycles. The predicted molar refractivity (Wildman–Crippen MR) is 85.4 cm³/mol. The minimum absolute atomic E-state index is 0.0347. The zero-order chi connectivity index (χ0) is 16.4. The zero-order valence-electron chi connectivity index (χ0n) is 13.1. The molecule has 0 heterocycles. The van der Waals surface area contributed by atoms with E-state index in [0.29, 0.717) is 18.0 Å². The molecule has 1 aromatic carbocycles. The summed E-state index contributed by atoms with van der Waals surface area (Å²) < 4.78 is 23.0. The Morgan fingerprint density at radius 1 is 1.33 bits per heavy atom. The van der Waals surface area contributed by atoms with Crippen molar-refractivity contribution in [2.75, 3.05) is 13.6 Å². The summed E-state index contributed by atoms with van der Waals surface area (Å²) in [5.74, 6) is 0.207. The van der Waals surface area contributed by atoms with Gasteiger partial charge in [0.1, 0.15) is 0 Å². The maximum atomic E-state index is 12.5. The topological polar surface area (TPSA) is 54.5 Å². The lowest BCUT2D eigenvalue weighted by Gasteiger charge is -2.22. The lowest BCUT2D eigenvalue weighted by molar-refractivity contribution is 0.0774. The third-order valence-corrected chi connectivity index (χ3v) is 5.12. The van der Waals surface area contributed by atoms with Gasteiger partial charge in [0.25, 0.3) is 15.0 Å². The number of halogens is 1. The molecule has 1 aromatic rings. The average Bonchev–Trinajstić information content (AvgIpc) is 2.39. The Morgan fingerprint density at radius 3 is 2.38 bits per heavy atom. The van der Waals surface area contributed by atoms with Gasteiger partial charge in [-0.25, -0.2) is 8.42 Å². The van der Waals surface area contributed by atoms with E-state index in [2.05, 4.69) is 13.8 Å². The number of carbonyl (C=O) groups is 1. The summed E-state index contributed by atoms with van der Waals surface area (Å²) in [4.78, 5) is 14.1. The summed E-state index contributed by atoms with van der Waals surface area (Å²) in [6, 6.07) is 2.85. The minimum atomic E-state index is -3.85. The molecule has 0 spiro atoms. The highest BCUT2D eigenvalue weighted by Crippen LogP contribution is 2.23. The van der Waals surface area contributed by atoms with Crippen molar-refractivity contribution in [2.24, 2.45) is 5.92 Å². The normalized spacial score (nSPS) is 13.0. The summed E-state index contributed by atoms with van der Waals surface area (Å²) >= 11 is 0. The van der Waals surface area contributed by atoms with Crippen molar-refractivity contribution in [3.63, 3.8) is 0 Å². The first kappa shape index (κ1) is 18.0. The van der Waals surface area contributed by atoms with Crippen molar-refractivity contribution in [3.05, 3.63) is 28.8 Å². The molecule has 0 saturated carbocycles. The zero-order valence-corrected chi connectivity index (χ0v) is 14.7. The smallest absolute Gasteiger partial charge is 0.261 e. The SMILES string of the molecule is CCC(C)CN(C)C(=O)c1cc(S(=O)(=O)Cl)cc(C)c1C. The fourth-order valence-corrected chi connectivity index (χ4v) is 2.92. The van der Waals surface area contributed by atoms with Crippen molar-refractivity contribution < 1.29 is 13.2 Å². The Bertz CT molecular complexity index is 641. The van der Waals surface area contributed by atoms with Gasteiger partial charge in [-0.2, -0.15) is 0 Å². The number of hydrogen-bond donors (Lipinski definition) is 0. The molecular formula is C15H22ClNO3S. The summed E-state index contributed by atoms with van der Waals surface area (Å²) in [6.07, 6.45) is 0.978. The molecule has 0 fully saturated rings. The van der Waals surface area contributed by atoms with Gasteiger partial charge in [0.2, 0.25) is 0 Å². The van der Waals surface area contributed by atoms with Gasteiger partial charge in [0.05, 0.1) is 4.90 Å². The van der Waals surface area contributed by atoms with E-state index < -0.39 is 9.05 Å². The summed E-state index contributed by atoms with van der Waals surface area (Å²) in [5.41, 5.74) is 1.90. The fraction of sp³-hybridized carbons (Fsp3) is 0.533. The first-order valence-electron chi connectivity index (χ1n) is 6.89. The molecule has 4 nitrogen and oxygen atoms in total. The van der Waals surface area contributed by atoms with Gasteiger partial charge in [-0.3, -0.25) is 4.79 Å². The highest BCUT2D eigenvalue weighted by atomic mass is 35.7. The first-order chi connectivity index (χ1) is 9.57. The van der Waals surface area contributed by atoms with E-state index in [4.69, 9.17) is 10.7 Å². The van der Waals surface area contributed by atoms with Gasteiger partial charge in [-0.15, -0.1) is 0 Å². The van der Waals surface area contributed by atoms with Crippen LogP contribution in [0.2, 0.25) is 0 Å². The number of amides is 1. The number of benzene rings is 1. The van der Waals surface area contributed by atoms with E-state index in [1.54, 1.807) is 18.9 Å². The maximum absolute atomic E-state index is 12.5. The Balaban J connectivity index is 3.23. The lowest BCUT2D eigenvalue weighted by atomic mass is 10.0. The second-order valence-corrected chi connectivity index (χ2v) is 8.12. The molecule has 1 atom stereocenters. The number of rotatable bonds is 5. The average molecular weight is 332 g/mol. The standard InChI is InChI=1S/C15H22ClNO3S/c1-6-10(2)9-17(5)15(18)14-8-13(21(16,19)20)7-11(3)12(14)4/h7-8,10H,6,9H2,1-5H3. The first-order valence-corrected chi connectivity index (χ1v) is 9.20. The fourth-order valence-electron chi connectivity index (χ4n) is 2.07. The molecule has 1 rings (SSSR count). The Kier molecular flexibility index (Phi) is 5.82. The second kappa shape index (κ2) is 6.79. The molecule has 21 heavy (non-hydrogen) atoms. The van der Waals surface area contributed by atoms with Crippen LogP contribution in [0.4, 0.5) is 0 Å². The molecule has 1 unspecified atom stereocenters. The molecule has 0 aliphatic heterocycles. The molecule has 6 heteroatoms. The van der Waals surface area contributed by atoms with E-state index >= 15 is 0 Å². The van der Waals surface area contributed by atoms with Crippen LogP contribution in [0.3, 0.4) is 0 Å². The predicted octanol–water partition coefficient (Wildman–Crippen LogP) is 3.35. The summed E-state index contributed by atoms with van der Waals surface area (Å²) in [6.45, 7) is 8.35. The van der Waals surface area contributed by atoms with Gasteiger partial charge in [0, 0.05) is 29.8 Å². The number of nitrogens with zero attached hydrogens (tertiary/aromatic N) is 1. The van der Waals surface area contributed by atoms with Crippen LogP contribution in [0.1, 0.15) is 41.8 Å². The van der Waals surface area contributed by atoms with Crippen molar-refractivity contribution >= 4 is 25.6 Å². The highest BCUT2D eigenvalue weighted by molar-refractivity contribution is 8.13. The van der Waals surface area contributed by atoms with Gasteiger partial charge in [-0.05, 0) is 43.0 Å². The molecule has 1 amide bonds. The van der Waals surface area contributed by atoms with Crippen molar-refractivity contribution in [2.45, 2.75) is 39.0 Å². The molecule has 118 valence electrons. The lowest BCUT2D eigenvalue weighted by Crippen LogP contribution is -2.31. The monoisotopic (exact) mass is 331 g/mol. The third kappa shape index (κ3) is 4.45. The largest absolute Gasteiger partial charge is 0.341 e. The Labute approximate surface area is 131 Å². The maximum Gasteiger partial charge on any atom is 0.261 e. The summed E-state index contributed by atoms with van der Waals surface area (Å²) in [7, 11) is 3.27. The molecule has 0 aliphatic rings. The molecular weight excluding hydrogens is 310 g/mol. The van der Waals surface area contributed by atoms with E-state index in [0.717, 1.165) is 17.5 Å². The van der Waals surface area contributed by atoms with E-state index in [9.17, 15) is 13.2 Å².